The number of benzene rings is 1. The van der Waals surface area contributed by atoms with Crippen LogP contribution >= 0.6 is 0 Å². The molecule has 4 heteroatoms. The van der Waals surface area contributed by atoms with E-state index in [-0.39, 0.29) is 0 Å². The number of hydrogen-bond donors (Lipinski definition) is 0. The van der Waals surface area contributed by atoms with Gasteiger partial charge in [-0.25, -0.2) is 9.59 Å². The molecular formula is C24H36O4. The third-order valence-corrected chi connectivity index (χ3v) is 4.61. The summed E-state index contributed by atoms with van der Waals surface area (Å²) in [5.74, 6) is -0.212. The quantitative estimate of drug-likeness (QED) is 0.161. The van der Waals surface area contributed by atoms with Gasteiger partial charge in [-0.3, -0.25) is 0 Å². The van der Waals surface area contributed by atoms with Crippen LogP contribution in [0.2, 0.25) is 0 Å². The van der Waals surface area contributed by atoms with Crippen LogP contribution in [-0.4, -0.2) is 18.5 Å². The first-order valence-electron chi connectivity index (χ1n) is 10.7. The van der Waals surface area contributed by atoms with Crippen LogP contribution in [0, 0.1) is 0 Å². The Hall–Kier alpha value is -2.10. The Morgan fingerprint density at radius 3 is 1.93 bits per heavy atom. The second-order valence-corrected chi connectivity index (χ2v) is 7.47. The lowest BCUT2D eigenvalue weighted by molar-refractivity contribution is -0.138. The summed E-state index contributed by atoms with van der Waals surface area (Å²) in [5.41, 5.74) is 1.18. The minimum Gasteiger partial charge on any atom is -0.463 e. The maximum atomic E-state index is 11.8. The number of carbonyl (C=O) groups is 2. The molecule has 0 aliphatic rings. The molecule has 0 saturated heterocycles. The van der Waals surface area contributed by atoms with Crippen molar-refractivity contribution in [1.82, 2.24) is 0 Å². The highest BCUT2D eigenvalue weighted by Crippen LogP contribution is 2.18. The Bertz CT molecular complexity index is 587. The van der Waals surface area contributed by atoms with Gasteiger partial charge < -0.3 is 9.47 Å². The second-order valence-electron chi connectivity index (χ2n) is 7.47. The average Bonchev–Trinajstić information content (AvgIpc) is 2.68. The standard InChI is InChI=1S/C24H36O4/c1-4-5-6-7-8-9-10-11-12-19-27-23(25)17-18-24(26)28-22-15-13-21(14-16-22)20(2)3/h13-18,20H,4-12,19H2,1-3H3/b18-17+. The molecule has 1 rings (SSSR count). The molecule has 0 amide bonds. The predicted octanol–water partition coefficient (Wildman–Crippen LogP) is 6.35. The number of esters is 2. The first kappa shape index (κ1) is 23.9. The van der Waals surface area contributed by atoms with Crippen molar-refractivity contribution in [2.75, 3.05) is 6.61 Å². The Labute approximate surface area is 170 Å². The van der Waals surface area contributed by atoms with Gasteiger partial charge in [0.25, 0.3) is 0 Å². The van der Waals surface area contributed by atoms with Gasteiger partial charge in [-0.2, -0.15) is 0 Å². The van der Waals surface area contributed by atoms with E-state index in [9.17, 15) is 9.59 Å². The lowest BCUT2D eigenvalue weighted by atomic mass is 10.0. The monoisotopic (exact) mass is 388 g/mol. The predicted molar refractivity (Wildman–Crippen MR) is 113 cm³/mol. The summed E-state index contributed by atoms with van der Waals surface area (Å²) in [5, 5.41) is 0. The van der Waals surface area contributed by atoms with Gasteiger partial charge in [-0.05, 0) is 30.0 Å². The number of unbranched alkanes of at least 4 members (excludes halogenated alkanes) is 8. The molecule has 0 aliphatic carbocycles. The minimum atomic E-state index is -0.586. The number of rotatable bonds is 14. The second kappa shape index (κ2) is 14.9. The molecule has 0 unspecified atom stereocenters. The SMILES string of the molecule is CCCCCCCCCCCOC(=O)/C=C/C(=O)Oc1ccc(C(C)C)cc1. The average molecular weight is 389 g/mol. The zero-order chi connectivity index (χ0) is 20.6. The third-order valence-electron chi connectivity index (χ3n) is 4.61. The van der Waals surface area contributed by atoms with E-state index in [0.717, 1.165) is 25.0 Å². The first-order chi connectivity index (χ1) is 13.5. The van der Waals surface area contributed by atoms with Crippen molar-refractivity contribution in [3.63, 3.8) is 0 Å². The van der Waals surface area contributed by atoms with Crippen LogP contribution in [0.5, 0.6) is 5.75 Å². The highest BCUT2D eigenvalue weighted by atomic mass is 16.5. The van der Waals surface area contributed by atoms with Gasteiger partial charge in [0.1, 0.15) is 5.75 Å². The lowest BCUT2D eigenvalue weighted by Gasteiger charge is -2.06. The number of carbonyl (C=O) groups excluding carboxylic acids is 2. The van der Waals surface area contributed by atoms with Gasteiger partial charge in [-0.15, -0.1) is 0 Å². The Morgan fingerprint density at radius 1 is 0.821 bits per heavy atom. The molecule has 0 aromatic heterocycles. The normalized spacial score (nSPS) is 11.1. The molecule has 0 spiro atoms. The molecule has 0 bridgehead atoms. The van der Waals surface area contributed by atoms with Gasteiger partial charge in [0.05, 0.1) is 6.61 Å². The minimum absolute atomic E-state index is 0.394. The van der Waals surface area contributed by atoms with Crippen molar-refractivity contribution in [3.05, 3.63) is 42.0 Å². The summed E-state index contributed by atoms with van der Waals surface area (Å²) in [6.07, 6.45) is 13.2. The molecule has 1 aromatic carbocycles. The Balaban J connectivity index is 2.10. The number of hydrogen-bond acceptors (Lipinski definition) is 4. The summed E-state index contributed by atoms with van der Waals surface area (Å²) in [7, 11) is 0. The van der Waals surface area contributed by atoms with Gasteiger partial charge in [-0.1, -0.05) is 84.3 Å². The molecule has 1 aromatic rings. The van der Waals surface area contributed by atoms with Crippen molar-refractivity contribution in [3.8, 4) is 5.75 Å². The third kappa shape index (κ3) is 11.6. The number of ether oxygens (including phenoxy) is 2. The van der Waals surface area contributed by atoms with Crippen molar-refractivity contribution >= 4 is 11.9 Å². The summed E-state index contributed by atoms with van der Waals surface area (Å²) in [4.78, 5) is 23.4. The molecule has 4 nitrogen and oxygen atoms in total. The maximum absolute atomic E-state index is 11.8. The van der Waals surface area contributed by atoms with Crippen LogP contribution in [-0.2, 0) is 14.3 Å². The fourth-order valence-corrected chi connectivity index (χ4v) is 2.84. The van der Waals surface area contributed by atoms with E-state index in [0.29, 0.717) is 18.3 Å². The van der Waals surface area contributed by atoms with Crippen molar-refractivity contribution in [2.24, 2.45) is 0 Å². The molecular weight excluding hydrogens is 352 g/mol. The van der Waals surface area contributed by atoms with Gasteiger partial charge in [0.2, 0.25) is 0 Å². The van der Waals surface area contributed by atoms with Gasteiger partial charge in [0, 0.05) is 12.2 Å². The fourth-order valence-electron chi connectivity index (χ4n) is 2.84. The van der Waals surface area contributed by atoms with E-state index < -0.39 is 11.9 Å². The van der Waals surface area contributed by atoms with Crippen LogP contribution < -0.4 is 4.74 Å². The Morgan fingerprint density at radius 2 is 1.36 bits per heavy atom. The van der Waals surface area contributed by atoms with Crippen LogP contribution in [0.4, 0.5) is 0 Å². The van der Waals surface area contributed by atoms with Crippen LogP contribution in [0.1, 0.15) is 90.0 Å². The van der Waals surface area contributed by atoms with Crippen molar-refractivity contribution in [2.45, 2.75) is 84.5 Å². The summed E-state index contributed by atoms with van der Waals surface area (Å²) in [6.45, 7) is 6.82. The molecule has 0 saturated carbocycles. The molecule has 0 heterocycles. The first-order valence-corrected chi connectivity index (χ1v) is 10.7. The van der Waals surface area contributed by atoms with Gasteiger partial charge in [0.15, 0.2) is 0 Å². The largest absolute Gasteiger partial charge is 0.463 e. The van der Waals surface area contributed by atoms with E-state index >= 15 is 0 Å². The highest BCUT2D eigenvalue weighted by Gasteiger charge is 2.04. The molecule has 0 radical (unpaired) electrons. The van der Waals surface area contributed by atoms with Crippen molar-refractivity contribution in [1.29, 1.82) is 0 Å². The molecule has 28 heavy (non-hydrogen) atoms. The lowest BCUT2D eigenvalue weighted by Crippen LogP contribution is -2.07. The van der Waals surface area contributed by atoms with E-state index in [1.807, 2.05) is 12.1 Å². The highest BCUT2D eigenvalue weighted by molar-refractivity contribution is 5.92. The molecule has 0 fully saturated rings. The summed E-state index contributed by atoms with van der Waals surface area (Å²) < 4.78 is 10.3. The van der Waals surface area contributed by atoms with Crippen LogP contribution in [0.15, 0.2) is 36.4 Å². The molecule has 156 valence electrons. The van der Waals surface area contributed by atoms with Crippen LogP contribution in [0.3, 0.4) is 0 Å². The molecule has 0 aliphatic heterocycles. The van der Waals surface area contributed by atoms with Crippen LogP contribution in [0.25, 0.3) is 0 Å². The Kier molecular flexibility index (Phi) is 12.7. The zero-order valence-corrected chi connectivity index (χ0v) is 17.7. The maximum Gasteiger partial charge on any atom is 0.336 e. The molecule has 0 N–H and O–H groups in total. The molecule has 0 atom stereocenters. The van der Waals surface area contributed by atoms with Gasteiger partial charge >= 0.3 is 11.9 Å². The summed E-state index contributed by atoms with van der Waals surface area (Å²) >= 11 is 0. The zero-order valence-electron chi connectivity index (χ0n) is 17.7. The van der Waals surface area contributed by atoms with E-state index in [1.54, 1.807) is 12.1 Å². The van der Waals surface area contributed by atoms with E-state index in [1.165, 1.54) is 50.5 Å². The van der Waals surface area contributed by atoms with E-state index in [4.69, 9.17) is 9.47 Å². The van der Waals surface area contributed by atoms with E-state index in [2.05, 4.69) is 20.8 Å². The topological polar surface area (TPSA) is 52.6 Å². The fraction of sp³-hybridized carbons (Fsp3) is 0.583. The smallest absolute Gasteiger partial charge is 0.336 e. The van der Waals surface area contributed by atoms with Crippen molar-refractivity contribution < 1.29 is 19.1 Å². The summed E-state index contributed by atoms with van der Waals surface area (Å²) in [6, 6.07) is 7.36.